The van der Waals surface area contributed by atoms with E-state index in [1.165, 1.54) is 17.0 Å². The normalized spacial score (nSPS) is 11.7. The standard InChI is InChI=1S/C20H21N3O3S/c1-27(25,26)23-17-9-6-15(7-10-17)8-11-20(24)21-13-12-16-14-22-19-5-3-2-4-18(16)19/h2-11,14,22-23H,12-13H2,1H3,(H,21,24)/b11-8+. The number of aromatic nitrogens is 1. The lowest BCUT2D eigenvalue weighted by molar-refractivity contribution is -0.116. The number of hydrogen-bond acceptors (Lipinski definition) is 3. The minimum atomic E-state index is -3.29. The Balaban J connectivity index is 1.50. The molecule has 6 nitrogen and oxygen atoms in total. The van der Waals surface area contributed by atoms with Crippen LogP contribution >= 0.6 is 0 Å². The van der Waals surface area contributed by atoms with Gasteiger partial charge in [0.05, 0.1) is 6.26 Å². The number of carbonyl (C=O) groups is 1. The van der Waals surface area contributed by atoms with E-state index in [1.807, 2.05) is 24.4 Å². The molecule has 0 spiro atoms. The van der Waals surface area contributed by atoms with Crippen LogP contribution in [0.25, 0.3) is 17.0 Å². The largest absolute Gasteiger partial charge is 0.361 e. The predicted octanol–water partition coefficient (Wildman–Crippen LogP) is 2.91. The van der Waals surface area contributed by atoms with Crippen molar-refractivity contribution in [2.75, 3.05) is 17.5 Å². The van der Waals surface area contributed by atoms with Crippen molar-refractivity contribution in [2.24, 2.45) is 0 Å². The fourth-order valence-electron chi connectivity index (χ4n) is 2.77. The number of hydrogen-bond donors (Lipinski definition) is 3. The molecule has 0 aliphatic heterocycles. The van der Waals surface area contributed by atoms with E-state index in [0.29, 0.717) is 12.2 Å². The van der Waals surface area contributed by atoms with E-state index in [0.717, 1.165) is 23.8 Å². The highest BCUT2D eigenvalue weighted by Gasteiger charge is 2.03. The number of benzene rings is 2. The first-order valence-electron chi connectivity index (χ1n) is 8.49. The van der Waals surface area contributed by atoms with Gasteiger partial charge >= 0.3 is 0 Å². The molecule has 3 aromatic rings. The summed E-state index contributed by atoms with van der Waals surface area (Å²) in [5.41, 5.74) is 3.55. The van der Waals surface area contributed by atoms with Gasteiger partial charge in [0.1, 0.15) is 0 Å². The summed E-state index contributed by atoms with van der Waals surface area (Å²) < 4.78 is 24.8. The van der Waals surface area contributed by atoms with Gasteiger partial charge in [-0.05, 0) is 41.8 Å². The fraction of sp³-hybridized carbons (Fsp3) is 0.150. The van der Waals surface area contributed by atoms with Crippen LogP contribution in [0.2, 0.25) is 0 Å². The molecule has 3 rings (SSSR count). The van der Waals surface area contributed by atoms with Crippen molar-refractivity contribution in [3.05, 3.63) is 71.9 Å². The molecular weight excluding hydrogens is 362 g/mol. The fourth-order valence-corrected chi connectivity index (χ4v) is 3.33. The van der Waals surface area contributed by atoms with Gasteiger partial charge in [-0.1, -0.05) is 30.3 Å². The van der Waals surface area contributed by atoms with Gasteiger partial charge in [-0.15, -0.1) is 0 Å². The van der Waals surface area contributed by atoms with Crippen molar-refractivity contribution in [1.29, 1.82) is 0 Å². The molecule has 1 aromatic heterocycles. The van der Waals surface area contributed by atoms with Crippen LogP contribution in [0, 0.1) is 0 Å². The van der Waals surface area contributed by atoms with Crippen LogP contribution in [0.15, 0.2) is 60.8 Å². The predicted molar refractivity (Wildman–Crippen MR) is 109 cm³/mol. The SMILES string of the molecule is CS(=O)(=O)Nc1ccc(/C=C/C(=O)NCCc2c[nH]c3ccccc23)cc1. The number of anilines is 1. The van der Waals surface area contributed by atoms with Gasteiger partial charge in [0.15, 0.2) is 0 Å². The average Bonchev–Trinajstić information content (AvgIpc) is 3.03. The Morgan fingerprint density at radius 1 is 1.11 bits per heavy atom. The van der Waals surface area contributed by atoms with E-state index in [4.69, 9.17) is 0 Å². The van der Waals surface area contributed by atoms with E-state index >= 15 is 0 Å². The highest BCUT2D eigenvalue weighted by atomic mass is 32.2. The smallest absolute Gasteiger partial charge is 0.244 e. The molecule has 0 saturated carbocycles. The summed E-state index contributed by atoms with van der Waals surface area (Å²) in [6.45, 7) is 0.544. The highest BCUT2D eigenvalue weighted by molar-refractivity contribution is 7.92. The molecule has 0 fully saturated rings. The molecule has 1 amide bonds. The summed E-state index contributed by atoms with van der Waals surface area (Å²) in [4.78, 5) is 15.2. The number of H-pyrrole nitrogens is 1. The molecule has 140 valence electrons. The molecule has 7 heteroatoms. The van der Waals surface area contributed by atoms with Crippen molar-refractivity contribution in [1.82, 2.24) is 10.3 Å². The maximum absolute atomic E-state index is 12.0. The zero-order valence-electron chi connectivity index (χ0n) is 14.9. The van der Waals surface area contributed by atoms with E-state index in [2.05, 4.69) is 21.1 Å². The number of aromatic amines is 1. The first-order valence-corrected chi connectivity index (χ1v) is 10.4. The second-order valence-corrected chi connectivity index (χ2v) is 7.98. The first kappa shape index (κ1) is 18.7. The molecule has 3 N–H and O–H groups in total. The summed E-state index contributed by atoms with van der Waals surface area (Å²) in [7, 11) is -3.29. The molecule has 0 aliphatic rings. The third kappa shape index (κ3) is 5.46. The quantitative estimate of drug-likeness (QED) is 0.548. The Kier molecular flexibility index (Phi) is 5.61. The summed E-state index contributed by atoms with van der Waals surface area (Å²) >= 11 is 0. The number of sulfonamides is 1. The number of amides is 1. The van der Waals surface area contributed by atoms with Crippen LogP contribution in [-0.2, 0) is 21.2 Å². The minimum Gasteiger partial charge on any atom is -0.361 e. The molecule has 0 bridgehead atoms. The number of para-hydroxylation sites is 1. The average molecular weight is 383 g/mol. The Morgan fingerprint density at radius 3 is 2.59 bits per heavy atom. The number of rotatable bonds is 7. The first-order chi connectivity index (χ1) is 12.9. The lowest BCUT2D eigenvalue weighted by Crippen LogP contribution is -2.23. The molecule has 0 aliphatic carbocycles. The zero-order chi connectivity index (χ0) is 19.3. The van der Waals surface area contributed by atoms with Crippen molar-refractivity contribution in [3.8, 4) is 0 Å². The van der Waals surface area contributed by atoms with Crippen LogP contribution < -0.4 is 10.0 Å². The maximum Gasteiger partial charge on any atom is 0.244 e. The highest BCUT2D eigenvalue weighted by Crippen LogP contribution is 2.17. The van der Waals surface area contributed by atoms with E-state index < -0.39 is 10.0 Å². The van der Waals surface area contributed by atoms with Gasteiger partial charge in [-0.25, -0.2) is 8.42 Å². The van der Waals surface area contributed by atoms with Gasteiger partial charge in [0.25, 0.3) is 0 Å². The molecule has 2 aromatic carbocycles. The Labute approximate surface area is 158 Å². The Bertz CT molecular complexity index is 1070. The summed E-state index contributed by atoms with van der Waals surface area (Å²) in [5.74, 6) is -0.173. The van der Waals surface area contributed by atoms with Gasteiger partial charge in [-0.2, -0.15) is 0 Å². The lowest BCUT2D eigenvalue weighted by Gasteiger charge is -2.04. The van der Waals surface area contributed by atoms with Crippen molar-refractivity contribution < 1.29 is 13.2 Å². The van der Waals surface area contributed by atoms with Crippen LogP contribution in [0.5, 0.6) is 0 Å². The summed E-state index contributed by atoms with van der Waals surface area (Å²) in [6, 6.07) is 14.8. The Morgan fingerprint density at radius 2 is 1.85 bits per heavy atom. The van der Waals surface area contributed by atoms with Crippen LogP contribution in [0.4, 0.5) is 5.69 Å². The van der Waals surface area contributed by atoms with E-state index in [-0.39, 0.29) is 5.91 Å². The van der Waals surface area contributed by atoms with Crippen molar-refractivity contribution >= 4 is 38.6 Å². The molecule has 0 radical (unpaired) electrons. The third-order valence-electron chi connectivity index (χ3n) is 4.01. The lowest BCUT2D eigenvalue weighted by atomic mass is 10.1. The van der Waals surface area contributed by atoms with Crippen molar-refractivity contribution in [3.63, 3.8) is 0 Å². The number of fused-ring (bicyclic) bond motifs is 1. The van der Waals surface area contributed by atoms with Gasteiger partial charge in [0.2, 0.25) is 15.9 Å². The maximum atomic E-state index is 12.0. The van der Waals surface area contributed by atoms with E-state index in [1.54, 1.807) is 30.3 Å². The third-order valence-corrected chi connectivity index (χ3v) is 4.62. The van der Waals surface area contributed by atoms with Crippen LogP contribution in [0.3, 0.4) is 0 Å². The summed E-state index contributed by atoms with van der Waals surface area (Å²) in [5, 5.41) is 4.04. The molecule has 1 heterocycles. The van der Waals surface area contributed by atoms with E-state index in [9.17, 15) is 13.2 Å². The minimum absolute atomic E-state index is 0.173. The van der Waals surface area contributed by atoms with Gasteiger partial charge in [0, 0.05) is 35.4 Å². The molecule has 0 unspecified atom stereocenters. The second-order valence-electron chi connectivity index (χ2n) is 6.23. The molecule has 0 atom stereocenters. The molecule has 27 heavy (non-hydrogen) atoms. The van der Waals surface area contributed by atoms with Crippen molar-refractivity contribution in [2.45, 2.75) is 6.42 Å². The number of carbonyl (C=O) groups excluding carboxylic acids is 1. The van der Waals surface area contributed by atoms with Gasteiger partial charge < -0.3 is 10.3 Å². The molecular formula is C20H21N3O3S. The molecule has 0 saturated heterocycles. The number of nitrogens with one attached hydrogen (secondary N) is 3. The topological polar surface area (TPSA) is 91.1 Å². The second kappa shape index (κ2) is 8.09. The van der Waals surface area contributed by atoms with Crippen LogP contribution in [0.1, 0.15) is 11.1 Å². The van der Waals surface area contributed by atoms with Gasteiger partial charge in [-0.3, -0.25) is 9.52 Å². The van der Waals surface area contributed by atoms with Crippen LogP contribution in [-0.4, -0.2) is 32.1 Å². The Hall–Kier alpha value is -3.06. The summed E-state index contributed by atoms with van der Waals surface area (Å²) in [6.07, 6.45) is 6.97. The monoisotopic (exact) mass is 383 g/mol. The zero-order valence-corrected chi connectivity index (χ0v) is 15.7.